The van der Waals surface area contributed by atoms with Crippen LogP contribution in [0.3, 0.4) is 0 Å². The number of nitrogens with zero attached hydrogens (tertiary/aromatic N) is 2. The maximum atomic E-state index is 12.0. The van der Waals surface area contributed by atoms with E-state index < -0.39 is 0 Å². The average molecular weight is 373 g/mol. The van der Waals surface area contributed by atoms with E-state index in [1.165, 1.54) is 11.8 Å². The van der Waals surface area contributed by atoms with Crippen LogP contribution in [-0.2, 0) is 9.53 Å². The Morgan fingerprint density at radius 3 is 2.68 bits per heavy atom. The van der Waals surface area contributed by atoms with E-state index in [9.17, 15) is 4.79 Å². The van der Waals surface area contributed by atoms with Gasteiger partial charge in [-0.2, -0.15) is 0 Å². The zero-order valence-electron chi connectivity index (χ0n) is 13.9. The second-order valence-corrected chi connectivity index (χ2v) is 7.16. The Morgan fingerprint density at radius 1 is 1.20 bits per heavy atom. The van der Waals surface area contributed by atoms with Crippen LogP contribution < -0.4 is 0 Å². The normalized spacial score (nSPS) is 12.1. The number of carbonyl (C=O) groups is 1. The molecule has 3 rings (SSSR count). The van der Waals surface area contributed by atoms with Crippen molar-refractivity contribution in [1.82, 2.24) is 9.97 Å². The third kappa shape index (κ3) is 4.11. The van der Waals surface area contributed by atoms with Crippen LogP contribution >= 0.6 is 23.4 Å². The van der Waals surface area contributed by atoms with Gasteiger partial charge >= 0.3 is 5.97 Å². The molecule has 4 nitrogen and oxygen atoms in total. The third-order valence-electron chi connectivity index (χ3n) is 3.56. The van der Waals surface area contributed by atoms with Crippen LogP contribution in [-0.4, -0.2) is 27.8 Å². The first-order chi connectivity index (χ1) is 12.1. The van der Waals surface area contributed by atoms with E-state index in [0.29, 0.717) is 22.5 Å². The minimum absolute atomic E-state index is 0.262. The number of carbonyl (C=O) groups excluding carboxylic acids is 1. The lowest BCUT2D eigenvalue weighted by Gasteiger charge is -2.13. The summed E-state index contributed by atoms with van der Waals surface area (Å²) in [5.74, 6) is 0.358. The van der Waals surface area contributed by atoms with E-state index in [2.05, 4.69) is 9.97 Å². The highest BCUT2D eigenvalue weighted by Gasteiger charge is 2.19. The molecule has 0 saturated carbocycles. The molecule has 1 aromatic heterocycles. The van der Waals surface area contributed by atoms with Crippen molar-refractivity contribution in [1.29, 1.82) is 0 Å². The Kier molecular flexibility index (Phi) is 5.56. The quantitative estimate of drug-likeness (QED) is 0.358. The lowest BCUT2D eigenvalue weighted by atomic mass is 10.2. The number of aromatic nitrogens is 2. The van der Waals surface area contributed by atoms with Gasteiger partial charge in [-0.15, -0.1) is 0 Å². The molecule has 0 spiro atoms. The van der Waals surface area contributed by atoms with Crippen molar-refractivity contribution in [3.8, 4) is 11.4 Å². The van der Waals surface area contributed by atoms with Crippen molar-refractivity contribution in [3.63, 3.8) is 0 Å². The van der Waals surface area contributed by atoms with Crippen LogP contribution in [0.4, 0.5) is 0 Å². The summed E-state index contributed by atoms with van der Waals surface area (Å²) in [6.07, 6.45) is 0. The average Bonchev–Trinajstić information content (AvgIpc) is 2.62. The molecule has 0 aliphatic heterocycles. The molecule has 3 aromatic rings. The van der Waals surface area contributed by atoms with Crippen LogP contribution in [0, 0.1) is 0 Å². The number of halogens is 1. The predicted molar refractivity (Wildman–Crippen MR) is 102 cm³/mol. The molecule has 6 heteroatoms. The molecular weight excluding hydrogens is 356 g/mol. The Balaban J connectivity index is 2.07. The molecule has 25 heavy (non-hydrogen) atoms. The second kappa shape index (κ2) is 7.85. The molecule has 2 aromatic carbocycles. The number of rotatable bonds is 5. The fraction of sp³-hybridized carbons (Fsp3) is 0.211. The molecular formula is C19H17ClN2O2S. The van der Waals surface area contributed by atoms with Crippen molar-refractivity contribution < 1.29 is 9.53 Å². The predicted octanol–water partition coefficient (Wildman–Crippen LogP) is 4.99. The highest BCUT2D eigenvalue weighted by atomic mass is 35.5. The highest BCUT2D eigenvalue weighted by Crippen LogP contribution is 2.32. The van der Waals surface area contributed by atoms with E-state index in [-0.39, 0.29) is 11.2 Å². The highest BCUT2D eigenvalue weighted by molar-refractivity contribution is 8.00. The van der Waals surface area contributed by atoms with E-state index >= 15 is 0 Å². The standard InChI is InChI=1S/C19H17ClN2O2S/c1-3-24-19(23)12(2)25-18-15-11-14(20)9-10-16(15)21-17(22-18)13-7-5-4-6-8-13/h4-12H,3H2,1-2H3. The van der Waals surface area contributed by atoms with Gasteiger partial charge in [-0.3, -0.25) is 4.79 Å². The largest absolute Gasteiger partial charge is 0.465 e. The summed E-state index contributed by atoms with van der Waals surface area (Å²) in [6.45, 7) is 3.96. The van der Waals surface area contributed by atoms with Crippen LogP contribution in [0.2, 0.25) is 5.02 Å². The van der Waals surface area contributed by atoms with Gasteiger partial charge in [-0.05, 0) is 32.0 Å². The molecule has 0 aliphatic carbocycles. The first kappa shape index (κ1) is 17.7. The lowest BCUT2D eigenvalue weighted by Crippen LogP contribution is -2.17. The molecule has 1 heterocycles. The molecule has 0 N–H and O–H groups in total. The van der Waals surface area contributed by atoms with Gasteiger partial charge in [0.15, 0.2) is 5.82 Å². The topological polar surface area (TPSA) is 52.1 Å². The Bertz CT molecular complexity index is 903. The SMILES string of the molecule is CCOC(=O)C(C)Sc1nc(-c2ccccc2)nc2ccc(Cl)cc12. The number of thioether (sulfide) groups is 1. The van der Waals surface area contributed by atoms with Gasteiger partial charge in [0, 0.05) is 16.0 Å². The van der Waals surface area contributed by atoms with Crippen LogP contribution in [0.25, 0.3) is 22.3 Å². The zero-order valence-corrected chi connectivity index (χ0v) is 15.5. The van der Waals surface area contributed by atoms with E-state index in [0.717, 1.165) is 16.5 Å². The Morgan fingerprint density at radius 2 is 1.96 bits per heavy atom. The molecule has 0 radical (unpaired) electrons. The fourth-order valence-corrected chi connectivity index (χ4v) is 3.45. The number of hydrogen-bond acceptors (Lipinski definition) is 5. The first-order valence-electron chi connectivity index (χ1n) is 7.94. The summed E-state index contributed by atoms with van der Waals surface area (Å²) < 4.78 is 5.10. The van der Waals surface area contributed by atoms with Crippen molar-refractivity contribution in [2.45, 2.75) is 24.1 Å². The Hall–Kier alpha value is -2.11. The molecule has 1 unspecified atom stereocenters. The lowest BCUT2D eigenvalue weighted by molar-refractivity contribution is -0.142. The van der Waals surface area contributed by atoms with Crippen molar-refractivity contribution in [2.24, 2.45) is 0 Å². The monoisotopic (exact) mass is 372 g/mol. The summed E-state index contributed by atoms with van der Waals surface area (Å²) in [6, 6.07) is 15.2. The molecule has 0 bridgehead atoms. The molecule has 0 fully saturated rings. The minimum atomic E-state index is -0.374. The number of hydrogen-bond donors (Lipinski definition) is 0. The van der Waals surface area contributed by atoms with Gasteiger partial charge in [0.2, 0.25) is 0 Å². The van der Waals surface area contributed by atoms with E-state index in [1.54, 1.807) is 13.0 Å². The van der Waals surface area contributed by atoms with E-state index in [4.69, 9.17) is 16.3 Å². The zero-order chi connectivity index (χ0) is 17.8. The van der Waals surface area contributed by atoms with E-state index in [1.807, 2.05) is 49.4 Å². The van der Waals surface area contributed by atoms with Crippen molar-refractivity contribution >= 4 is 40.2 Å². The van der Waals surface area contributed by atoms with Gasteiger partial charge in [0.25, 0.3) is 0 Å². The van der Waals surface area contributed by atoms with Crippen molar-refractivity contribution in [3.05, 3.63) is 53.6 Å². The van der Waals surface area contributed by atoms with Gasteiger partial charge in [0.1, 0.15) is 10.3 Å². The molecule has 0 saturated heterocycles. The van der Waals surface area contributed by atoms with Crippen LogP contribution in [0.1, 0.15) is 13.8 Å². The van der Waals surface area contributed by atoms with Gasteiger partial charge in [-0.25, -0.2) is 9.97 Å². The summed E-state index contributed by atoms with van der Waals surface area (Å²) >= 11 is 7.49. The maximum Gasteiger partial charge on any atom is 0.319 e. The van der Waals surface area contributed by atoms with Crippen molar-refractivity contribution in [2.75, 3.05) is 6.61 Å². The number of benzene rings is 2. The van der Waals surface area contributed by atoms with Crippen LogP contribution in [0.5, 0.6) is 0 Å². The first-order valence-corrected chi connectivity index (χ1v) is 9.20. The van der Waals surface area contributed by atoms with Crippen LogP contribution in [0.15, 0.2) is 53.6 Å². The molecule has 128 valence electrons. The summed E-state index contributed by atoms with van der Waals surface area (Å²) in [5.41, 5.74) is 1.71. The Labute approximate surface area is 155 Å². The number of esters is 1. The number of ether oxygens (including phenoxy) is 1. The minimum Gasteiger partial charge on any atom is -0.465 e. The van der Waals surface area contributed by atoms with Gasteiger partial charge < -0.3 is 4.74 Å². The van der Waals surface area contributed by atoms with Gasteiger partial charge in [-0.1, -0.05) is 53.7 Å². The summed E-state index contributed by atoms with van der Waals surface area (Å²) in [5, 5.41) is 1.77. The summed E-state index contributed by atoms with van der Waals surface area (Å²) in [7, 11) is 0. The fourth-order valence-electron chi connectivity index (χ4n) is 2.35. The molecule has 1 atom stereocenters. The second-order valence-electron chi connectivity index (χ2n) is 5.39. The third-order valence-corrected chi connectivity index (χ3v) is 4.88. The molecule has 0 aliphatic rings. The molecule has 0 amide bonds. The number of fused-ring (bicyclic) bond motifs is 1. The maximum absolute atomic E-state index is 12.0. The van der Waals surface area contributed by atoms with Gasteiger partial charge in [0.05, 0.1) is 12.1 Å². The summed E-state index contributed by atoms with van der Waals surface area (Å²) in [4.78, 5) is 21.3. The smallest absolute Gasteiger partial charge is 0.319 e.